The van der Waals surface area contributed by atoms with Gasteiger partial charge in [0.05, 0.1) is 30.0 Å². The molecule has 0 aromatic heterocycles. The summed E-state index contributed by atoms with van der Waals surface area (Å²) >= 11 is -1.55. The predicted octanol–water partition coefficient (Wildman–Crippen LogP) is 4.89. The molecule has 1 aliphatic heterocycles. The summed E-state index contributed by atoms with van der Waals surface area (Å²) in [4.78, 5) is 26.0. The predicted molar refractivity (Wildman–Crippen MR) is 154 cm³/mol. The van der Waals surface area contributed by atoms with Gasteiger partial charge in [-0.05, 0) is 74.9 Å². The molecule has 11 heteroatoms. The number of halogens is 1. The topological polar surface area (TPSA) is 138 Å². The average molecular weight is 585 g/mol. The van der Waals surface area contributed by atoms with E-state index in [2.05, 4.69) is 16.1 Å². The number of nitrogens with zero attached hydrogens (tertiary/aromatic N) is 2. The van der Waals surface area contributed by atoms with E-state index in [1.54, 1.807) is 24.3 Å². The van der Waals surface area contributed by atoms with Crippen molar-refractivity contribution in [1.82, 2.24) is 9.62 Å². The molecule has 220 valence electrons. The lowest BCUT2D eigenvalue weighted by Gasteiger charge is -2.39. The fraction of sp³-hybridized carbons (Fsp3) is 0.500. The van der Waals surface area contributed by atoms with Crippen molar-refractivity contribution in [3.8, 4) is 6.07 Å². The molecule has 1 saturated carbocycles. The van der Waals surface area contributed by atoms with Gasteiger partial charge in [-0.25, -0.2) is 9.18 Å². The van der Waals surface area contributed by atoms with Gasteiger partial charge < -0.3 is 19.7 Å². The molecule has 0 bridgehead atoms. The zero-order valence-corrected chi connectivity index (χ0v) is 24.6. The van der Waals surface area contributed by atoms with Crippen molar-refractivity contribution in [2.45, 2.75) is 75.3 Å². The van der Waals surface area contributed by atoms with Crippen LogP contribution in [0.3, 0.4) is 0 Å². The van der Waals surface area contributed by atoms with Crippen molar-refractivity contribution in [2.24, 2.45) is 5.92 Å². The third kappa shape index (κ3) is 7.01. The lowest BCUT2D eigenvalue weighted by Crippen LogP contribution is -2.52. The van der Waals surface area contributed by atoms with Gasteiger partial charge in [0.25, 0.3) is 0 Å². The van der Waals surface area contributed by atoms with Crippen molar-refractivity contribution in [2.75, 3.05) is 19.0 Å². The Kier molecular flexibility index (Phi) is 9.29. The first kappa shape index (κ1) is 30.8. The molecule has 1 saturated heterocycles. The highest BCUT2D eigenvalue weighted by Gasteiger charge is 2.44. The third-order valence-corrected chi connectivity index (χ3v) is 9.44. The van der Waals surface area contributed by atoms with Gasteiger partial charge in [0, 0.05) is 24.9 Å². The molecule has 3 N–H and O–H groups in total. The number of anilines is 1. The van der Waals surface area contributed by atoms with E-state index >= 15 is 4.39 Å². The Hall–Kier alpha value is -3.17. The Bertz CT molecular complexity index is 1320. The number of hydrogen-bond acceptors (Lipinski definition) is 6. The number of methoxy groups -OCH3 is 1. The monoisotopic (exact) mass is 584 g/mol. The maximum absolute atomic E-state index is 15.2. The van der Waals surface area contributed by atoms with Crippen LogP contribution < -0.4 is 10.0 Å². The third-order valence-electron chi connectivity index (χ3n) is 7.79. The highest BCUT2D eigenvalue weighted by atomic mass is 32.2. The fourth-order valence-electron chi connectivity index (χ4n) is 5.15. The highest BCUT2D eigenvalue weighted by Crippen LogP contribution is 2.43. The van der Waals surface area contributed by atoms with E-state index in [4.69, 9.17) is 4.74 Å². The van der Waals surface area contributed by atoms with E-state index in [0.717, 1.165) is 24.2 Å². The molecular formula is C30H37FN4O5S. The number of nitrogens with one attached hydrogen (secondary N) is 2. The summed E-state index contributed by atoms with van der Waals surface area (Å²) in [7, 11) is 1.45. The molecule has 9 nitrogen and oxygen atoms in total. The number of carboxylic acid groups (broad SMARTS) is 1. The summed E-state index contributed by atoms with van der Waals surface area (Å²) in [6.07, 6.45) is 1.99. The normalized spacial score (nSPS) is 21.1. The minimum atomic E-state index is -1.55. The first-order chi connectivity index (χ1) is 19.4. The molecule has 2 aromatic rings. The summed E-state index contributed by atoms with van der Waals surface area (Å²) in [6, 6.07) is 12.5. The Labute approximate surface area is 243 Å². The standard InChI is InChI=1S/C30H37FN4O5S/c1-29(2,3)41(39)34-30(13-12-19-8-9-19,21-7-5-6-20(14-21)17-32)22-10-11-24(31)25(15-22)33-27(36)26-16-23(40-4)18-35(26)28(37)38/h5-7,10-11,14-15,19,23,26,34H,8-9,12-13,16,18H2,1-4H3,(H,33,36)(H,37,38)/t23-,26-,30-,41-/m1/s1. The van der Waals surface area contributed by atoms with E-state index in [1.165, 1.54) is 19.2 Å². The first-order valence-corrected chi connectivity index (χ1v) is 14.9. The van der Waals surface area contributed by atoms with Crippen molar-refractivity contribution in [3.05, 3.63) is 65.0 Å². The zero-order valence-electron chi connectivity index (χ0n) is 23.8. The number of carbonyl (C=O) groups is 2. The summed E-state index contributed by atoms with van der Waals surface area (Å²) in [6.45, 7) is 5.60. The van der Waals surface area contributed by atoms with Crippen LogP contribution in [0.15, 0.2) is 42.5 Å². The summed E-state index contributed by atoms with van der Waals surface area (Å²) in [5.74, 6) is -0.829. The minimum Gasteiger partial charge on any atom is -0.598 e. The van der Waals surface area contributed by atoms with Gasteiger partial charge in [-0.3, -0.25) is 9.69 Å². The number of amides is 2. The van der Waals surface area contributed by atoms with Crippen molar-refractivity contribution in [3.63, 3.8) is 0 Å². The second-order valence-corrected chi connectivity index (χ2v) is 13.8. The van der Waals surface area contributed by atoms with Crippen LogP contribution in [-0.4, -0.2) is 57.1 Å². The molecule has 4 rings (SSSR count). The molecule has 0 unspecified atom stereocenters. The minimum absolute atomic E-state index is 0.0362. The smallest absolute Gasteiger partial charge is 0.408 e. The number of likely N-dealkylation sites (tertiary alicyclic amines) is 1. The van der Waals surface area contributed by atoms with Gasteiger partial charge >= 0.3 is 6.09 Å². The van der Waals surface area contributed by atoms with Crippen LogP contribution in [0.1, 0.15) is 69.6 Å². The Morgan fingerprint density at radius 1 is 1.22 bits per heavy atom. The van der Waals surface area contributed by atoms with Crippen LogP contribution in [-0.2, 0) is 26.4 Å². The molecule has 0 radical (unpaired) electrons. The maximum Gasteiger partial charge on any atom is 0.408 e. The highest BCUT2D eigenvalue weighted by molar-refractivity contribution is 7.90. The van der Waals surface area contributed by atoms with E-state index in [1.807, 2.05) is 26.8 Å². The molecule has 2 amide bonds. The van der Waals surface area contributed by atoms with Crippen LogP contribution in [0.4, 0.5) is 14.9 Å². The van der Waals surface area contributed by atoms with Gasteiger partial charge in [-0.1, -0.05) is 31.0 Å². The Balaban J connectivity index is 1.78. The summed E-state index contributed by atoms with van der Waals surface area (Å²) < 4.78 is 36.8. The molecule has 2 aliphatic rings. The molecule has 2 fully saturated rings. The largest absolute Gasteiger partial charge is 0.598 e. The Morgan fingerprint density at radius 3 is 2.54 bits per heavy atom. The van der Waals surface area contributed by atoms with Gasteiger partial charge in [0.1, 0.15) is 22.1 Å². The number of rotatable bonds is 10. The van der Waals surface area contributed by atoms with Crippen molar-refractivity contribution >= 4 is 29.0 Å². The number of benzene rings is 2. The lowest BCUT2D eigenvalue weighted by atomic mass is 9.79. The molecule has 4 atom stereocenters. The first-order valence-electron chi connectivity index (χ1n) is 13.7. The van der Waals surface area contributed by atoms with E-state index < -0.39 is 51.6 Å². The van der Waals surface area contributed by atoms with Gasteiger partial charge in [-0.15, -0.1) is 4.72 Å². The number of hydrogen-bond donors (Lipinski definition) is 3. The van der Waals surface area contributed by atoms with E-state index in [9.17, 15) is 24.5 Å². The van der Waals surface area contributed by atoms with Crippen molar-refractivity contribution < 1.29 is 28.4 Å². The van der Waals surface area contributed by atoms with Crippen LogP contribution in [0.25, 0.3) is 0 Å². The van der Waals surface area contributed by atoms with Gasteiger partial charge in [-0.2, -0.15) is 5.26 Å². The van der Waals surface area contributed by atoms with E-state index in [-0.39, 0.29) is 18.7 Å². The molecular weight excluding hydrogens is 547 g/mol. The van der Waals surface area contributed by atoms with Gasteiger partial charge in [0.2, 0.25) is 5.91 Å². The lowest BCUT2D eigenvalue weighted by molar-refractivity contribution is -0.120. The Morgan fingerprint density at radius 2 is 1.93 bits per heavy atom. The molecule has 41 heavy (non-hydrogen) atoms. The fourth-order valence-corrected chi connectivity index (χ4v) is 6.11. The van der Waals surface area contributed by atoms with Crippen molar-refractivity contribution in [1.29, 1.82) is 5.26 Å². The molecule has 2 aromatic carbocycles. The summed E-state index contributed by atoms with van der Waals surface area (Å²) in [5.41, 5.74) is 0.519. The number of ether oxygens (including phenoxy) is 1. The molecule has 1 aliphatic carbocycles. The quantitative estimate of drug-likeness (QED) is 0.338. The van der Waals surface area contributed by atoms with Crippen LogP contribution in [0.5, 0.6) is 0 Å². The SMILES string of the molecule is CO[C@@H]1C[C@H](C(=O)Nc2cc([C@](CCC3CC3)(N[S@+]([O-])C(C)(C)C)c3cccc(C#N)c3)ccc2F)N(C(=O)O)C1. The molecule has 1 heterocycles. The van der Waals surface area contributed by atoms with E-state index in [0.29, 0.717) is 29.0 Å². The second-order valence-electron chi connectivity index (χ2n) is 11.8. The van der Waals surface area contributed by atoms with Crippen LogP contribution >= 0.6 is 0 Å². The number of nitriles is 1. The van der Waals surface area contributed by atoms with Crippen LogP contribution in [0, 0.1) is 23.1 Å². The average Bonchev–Trinajstić information content (AvgIpc) is 3.66. The number of carbonyl (C=O) groups excluding carboxylic acids is 1. The zero-order chi connectivity index (χ0) is 29.9. The maximum atomic E-state index is 15.2. The summed E-state index contributed by atoms with van der Waals surface area (Å²) in [5, 5.41) is 21.8. The van der Waals surface area contributed by atoms with Gasteiger partial charge in [0.15, 0.2) is 0 Å². The molecule has 0 spiro atoms. The van der Waals surface area contributed by atoms with Crippen LogP contribution in [0.2, 0.25) is 0 Å². The second kappa shape index (κ2) is 12.4.